The van der Waals surface area contributed by atoms with E-state index in [0.29, 0.717) is 37.7 Å². The Morgan fingerprint density at radius 1 is 1.12 bits per heavy atom. The third-order valence-corrected chi connectivity index (χ3v) is 4.86. The second-order valence-electron chi connectivity index (χ2n) is 7.04. The van der Waals surface area contributed by atoms with Gasteiger partial charge in [0, 0.05) is 25.2 Å². The highest BCUT2D eigenvalue weighted by molar-refractivity contribution is 6.10. The fourth-order valence-electron chi connectivity index (χ4n) is 3.10. The summed E-state index contributed by atoms with van der Waals surface area (Å²) in [4.78, 5) is 19.3. The summed E-state index contributed by atoms with van der Waals surface area (Å²) in [5.74, 6) is 0.149. The van der Waals surface area contributed by atoms with Crippen LogP contribution >= 0.6 is 0 Å². The van der Waals surface area contributed by atoms with Gasteiger partial charge in [0.1, 0.15) is 5.75 Å². The van der Waals surface area contributed by atoms with Gasteiger partial charge in [-0.15, -0.1) is 0 Å². The van der Waals surface area contributed by atoms with Gasteiger partial charge < -0.3 is 14.8 Å². The lowest BCUT2D eigenvalue weighted by Crippen LogP contribution is -2.39. The molecule has 1 fully saturated rings. The Morgan fingerprint density at radius 2 is 1.81 bits per heavy atom. The quantitative estimate of drug-likeness (QED) is 0.522. The van der Waals surface area contributed by atoms with E-state index < -0.39 is 17.6 Å². The minimum atomic E-state index is -4.47. The zero-order valence-electron chi connectivity index (χ0n) is 17.6. The maximum atomic E-state index is 12.8. The molecule has 2 aromatic carbocycles. The number of nitrogens with zero attached hydrogens (tertiary/aromatic N) is 2. The van der Waals surface area contributed by atoms with E-state index in [1.165, 1.54) is 7.11 Å². The molecule has 1 saturated heterocycles. The molecular weight excluding hydrogens is 425 g/mol. The lowest BCUT2D eigenvalue weighted by atomic mass is 10.1. The second kappa shape index (κ2) is 11.0. The van der Waals surface area contributed by atoms with Crippen LogP contribution in [0, 0.1) is 0 Å². The zero-order valence-corrected chi connectivity index (χ0v) is 17.6. The maximum absolute atomic E-state index is 12.8. The van der Waals surface area contributed by atoms with Crippen LogP contribution in [0.4, 0.5) is 18.9 Å². The molecule has 10 heteroatoms. The minimum absolute atomic E-state index is 0.0840. The van der Waals surface area contributed by atoms with Crippen molar-refractivity contribution in [3.05, 3.63) is 59.7 Å². The highest BCUT2D eigenvalue weighted by Crippen LogP contribution is 2.29. The van der Waals surface area contributed by atoms with Crippen molar-refractivity contribution in [3.8, 4) is 5.75 Å². The van der Waals surface area contributed by atoms with Gasteiger partial charge in [0.05, 0.1) is 38.1 Å². The molecule has 1 aliphatic rings. The van der Waals surface area contributed by atoms with E-state index in [4.69, 9.17) is 9.47 Å². The van der Waals surface area contributed by atoms with E-state index >= 15 is 0 Å². The second-order valence-corrected chi connectivity index (χ2v) is 7.04. The lowest BCUT2D eigenvalue weighted by molar-refractivity contribution is -0.137. The fourth-order valence-corrected chi connectivity index (χ4v) is 3.10. The number of carbonyl (C=O) groups is 1. The highest BCUT2D eigenvalue weighted by atomic mass is 19.4. The third-order valence-electron chi connectivity index (χ3n) is 4.86. The van der Waals surface area contributed by atoms with Crippen molar-refractivity contribution in [3.63, 3.8) is 0 Å². The molecule has 0 aliphatic carbocycles. The summed E-state index contributed by atoms with van der Waals surface area (Å²) in [7, 11) is 1.52. The van der Waals surface area contributed by atoms with E-state index in [2.05, 4.69) is 20.5 Å². The third kappa shape index (κ3) is 6.69. The SMILES string of the molecule is COc1ccccc1NC(=NCCN1CCOCC1)NC(=O)c1ccc(C(F)(F)F)cc1. The first-order valence-electron chi connectivity index (χ1n) is 10.1. The Kier molecular flexibility index (Phi) is 8.07. The summed E-state index contributed by atoms with van der Waals surface area (Å²) < 4.78 is 49.0. The molecule has 1 heterocycles. The molecule has 3 rings (SSSR count). The molecule has 7 nitrogen and oxygen atoms in total. The van der Waals surface area contributed by atoms with Crippen LogP contribution < -0.4 is 15.4 Å². The molecule has 0 atom stereocenters. The smallest absolute Gasteiger partial charge is 0.416 e. The predicted octanol–water partition coefficient (Wildman–Crippen LogP) is 3.24. The number of hydrogen-bond donors (Lipinski definition) is 2. The van der Waals surface area contributed by atoms with E-state index in [1.807, 2.05) is 0 Å². The average molecular weight is 450 g/mol. The Labute approximate surface area is 184 Å². The zero-order chi connectivity index (χ0) is 23.0. The fraction of sp³-hybridized carbons (Fsp3) is 0.364. The van der Waals surface area contributed by atoms with Gasteiger partial charge in [-0.25, -0.2) is 0 Å². The largest absolute Gasteiger partial charge is 0.495 e. The number of nitrogens with one attached hydrogen (secondary N) is 2. The number of carbonyl (C=O) groups excluding carboxylic acids is 1. The van der Waals surface area contributed by atoms with Crippen molar-refractivity contribution >= 4 is 17.6 Å². The highest BCUT2D eigenvalue weighted by Gasteiger charge is 2.30. The van der Waals surface area contributed by atoms with Gasteiger partial charge in [0.2, 0.25) is 5.96 Å². The number of benzene rings is 2. The molecule has 0 unspecified atom stereocenters. The summed E-state index contributed by atoms with van der Waals surface area (Å²) in [5.41, 5.74) is -0.144. The van der Waals surface area contributed by atoms with Gasteiger partial charge in [-0.2, -0.15) is 13.2 Å². The van der Waals surface area contributed by atoms with Gasteiger partial charge in [-0.1, -0.05) is 12.1 Å². The Bertz CT molecular complexity index is 927. The van der Waals surface area contributed by atoms with E-state index in [1.54, 1.807) is 24.3 Å². The van der Waals surface area contributed by atoms with Crippen LogP contribution in [0.2, 0.25) is 0 Å². The number of methoxy groups -OCH3 is 1. The molecule has 0 saturated carbocycles. The van der Waals surface area contributed by atoms with Gasteiger partial charge in [-0.3, -0.25) is 20.0 Å². The number of alkyl halides is 3. The molecular formula is C22H25F3N4O3. The Morgan fingerprint density at radius 3 is 2.47 bits per heavy atom. The predicted molar refractivity (Wildman–Crippen MR) is 115 cm³/mol. The molecule has 32 heavy (non-hydrogen) atoms. The average Bonchev–Trinajstić information content (AvgIpc) is 2.79. The minimum Gasteiger partial charge on any atom is -0.495 e. The summed E-state index contributed by atoms with van der Waals surface area (Å²) in [6.07, 6.45) is -4.47. The van der Waals surface area contributed by atoms with E-state index in [-0.39, 0.29) is 11.5 Å². The van der Waals surface area contributed by atoms with Crippen LogP contribution in [0.3, 0.4) is 0 Å². The van der Waals surface area contributed by atoms with Crippen molar-refractivity contribution in [1.82, 2.24) is 10.2 Å². The number of ether oxygens (including phenoxy) is 2. The Balaban J connectivity index is 1.73. The first-order valence-corrected chi connectivity index (χ1v) is 10.1. The van der Waals surface area contributed by atoms with Crippen LogP contribution in [0.15, 0.2) is 53.5 Å². The molecule has 0 bridgehead atoms. The number of halogens is 3. The van der Waals surface area contributed by atoms with E-state index in [0.717, 1.165) is 37.4 Å². The number of guanidine groups is 1. The van der Waals surface area contributed by atoms with Crippen molar-refractivity contribution in [1.29, 1.82) is 0 Å². The standard InChI is InChI=1S/C22H25F3N4O3/c1-31-19-5-3-2-4-18(19)27-21(26-10-11-29-12-14-32-15-13-29)28-20(30)16-6-8-17(9-7-16)22(23,24)25/h2-9H,10-15H2,1H3,(H2,26,27,28,30). The first-order chi connectivity index (χ1) is 15.4. The van der Waals surface area contributed by atoms with Crippen LogP contribution in [0.25, 0.3) is 0 Å². The summed E-state index contributed by atoms with van der Waals surface area (Å²) in [6, 6.07) is 11.1. The number of anilines is 1. The van der Waals surface area contributed by atoms with Crippen LogP contribution in [0.5, 0.6) is 5.75 Å². The van der Waals surface area contributed by atoms with Gasteiger partial charge in [0.25, 0.3) is 5.91 Å². The number of morpholine rings is 1. The lowest BCUT2D eigenvalue weighted by Gasteiger charge is -2.25. The van der Waals surface area contributed by atoms with Gasteiger partial charge in [0.15, 0.2) is 0 Å². The molecule has 0 spiro atoms. The molecule has 2 aromatic rings. The van der Waals surface area contributed by atoms with Crippen LogP contribution in [-0.2, 0) is 10.9 Å². The number of hydrogen-bond acceptors (Lipinski definition) is 5. The van der Waals surface area contributed by atoms with Crippen LogP contribution in [-0.4, -0.2) is 63.3 Å². The topological polar surface area (TPSA) is 75.2 Å². The Hall–Kier alpha value is -3.11. The summed E-state index contributed by atoms with van der Waals surface area (Å²) in [6.45, 7) is 4.04. The summed E-state index contributed by atoms with van der Waals surface area (Å²) in [5, 5.41) is 5.69. The van der Waals surface area contributed by atoms with Crippen molar-refractivity contribution in [2.45, 2.75) is 6.18 Å². The first kappa shape index (κ1) is 23.6. The maximum Gasteiger partial charge on any atom is 0.416 e. The van der Waals surface area contributed by atoms with Gasteiger partial charge in [-0.05, 0) is 36.4 Å². The number of aliphatic imine (C=N–C) groups is 1. The molecule has 1 amide bonds. The number of amides is 1. The molecule has 172 valence electrons. The summed E-state index contributed by atoms with van der Waals surface area (Å²) >= 11 is 0. The van der Waals surface area contributed by atoms with E-state index in [9.17, 15) is 18.0 Å². The molecule has 0 aromatic heterocycles. The number of rotatable bonds is 6. The van der Waals surface area contributed by atoms with Crippen molar-refractivity contribution < 1.29 is 27.4 Å². The van der Waals surface area contributed by atoms with Crippen LogP contribution in [0.1, 0.15) is 15.9 Å². The normalized spacial score (nSPS) is 15.3. The molecule has 2 N–H and O–H groups in total. The molecule has 0 radical (unpaired) electrons. The molecule has 1 aliphatic heterocycles. The van der Waals surface area contributed by atoms with Crippen molar-refractivity contribution in [2.75, 3.05) is 51.8 Å². The monoisotopic (exact) mass is 450 g/mol. The number of para-hydroxylation sites is 2. The van der Waals surface area contributed by atoms with Gasteiger partial charge >= 0.3 is 6.18 Å². The van der Waals surface area contributed by atoms with Crippen molar-refractivity contribution in [2.24, 2.45) is 4.99 Å².